The van der Waals surface area contributed by atoms with Crippen molar-refractivity contribution in [2.24, 2.45) is 7.05 Å². The van der Waals surface area contributed by atoms with Crippen LogP contribution in [0.2, 0.25) is 0 Å². The van der Waals surface area contributed by atoms with Crippen LogP contribution in [0.5, 0.6) is 0 Å². The highest BCUT2D eigenvalue weighted by atomic mass is 16.5. The Bertz CT molecular complexity index is 339. The molecule has 1 atom stereocenters. The monoisotopic (exact) mass is 238 g/mol. The van der Waals surface area contributed by atoms with E-state index >= 15 is 0 Å². The Hall–Kier alpha value is -0.910. The molecule has 5 nitrogen and oxygen atoms in total. The van der Waals surface area contributed by atoms with Crippen LogP contribution in [0.25, 0.3) is 0 Å². The third kappa shape index (κ3) is 3.52. The average Bonchev–Trinajstić information content (AvgIpc) is 2.76. The molecule has 1 aromatic rings. The minimum Gasteiger partial charge on any atom is -0.374 e. The van der Waals surface area contributed by atoms with Gasteiger partial charge in [0.25, 0.3) is 0 Å². The first-order chi connectivity index (χ1) is 8.29. The SMILES string of the molecule is CCN1CCOC(CNCc2cncn2C)C1. The fourth-order valence-corrected chi connectivity index (χ4v) is 2.11. The number of likely N-dealkylation sites (N-methyl/N-ethyl adjacent to an activating group) is 1. The Morgan fingerprint density at radius 3 is 3.18 bits per heavy atom. The van der Waals surface area contributed by atoms with Gasteiger partial charge in [-0.15, -0.1) is 0 Å². The maximum absolute atomic E-state index is 5.73. The Morgan fingerprint density at radius 1 is 1.59 bits per heavy atom. The Balaban J connectivity index is 1.70. The van der Waals surface area contributed by atoms with Crippen LogP contribution in [-0.2, 0) is 18.3 Å². The molecule has 0 radical (unpaired) electrons. The summed E-state index contributed by atoms with van der Waals surface area (Å²) in [4.78, 5) is 6.53. The molecule has 5 heteroatoms. The van der Waals surface area contributed by atoms with Gasteiger partial charge < -0.3 is 14.6 Å². The molecule has 2 rings (SSSR count). The number of imidazole rings is 1. The fourth-order valence-electron chi connectivity index (χ4n) is 2.11. The van der Waals surface area contributed by atoms with Crippen molar-refractivity contribution in [2.75, 3.05) is 32.8 Å². The second-order valence-corrected chi connectivity index (χ2v) is 4.51. The van der Waals surface area contributed by atoms with E-state index in [1.54, 1.807) is 0 Å². The van der Waals surface area contributed by atoms with E-state index in [2.05, 4.69) is 22.1 Å². The second-order valence-electron chi connectivity index (χ2n) is 4.51. The molecule has 0 aliphatic carbocycles. The zero-order valence-electron chi connectivity index (χ0n) is 10.7. The van der Waals surface area contributed by atoms with Gasteiger partial charge in [0.05, 0.1) is 24.7 Å². The number of aryl methyl sites for hydroxylation is 1. The molecule has 1 fully saturated rings. The minimum absolute atomic E-state index is 0.317. The predicted molar refractivity (Wildman–Crippen MR) is 66.8 cm³/mol. The van der Waals surface area contributed by atoms with E-state index in [0.717, 1.165) is 39.3 Å². The summed E-state index contributed by atoms with van der Waals surface area (Å²) in [6.07, 6.45) is 4.04. The summed E-state index contributed by atoms with van der Waals surface area (Å²) < 4.78 is 7.77. The first-order valence-electron chi connectivity index (χ1n) is 6.29. The number of nitrogens with zero attached hydrogens (tertiary/aromatic N) is 3. The first-order valence-corrected chi connectivity index (χ1v) is 6.29. The molecule has 96 valence electrons. The van der Waals surface area contributed by atoms with E-state index in [1.165, 1.54) is 5.69 Å². The van der Waals surface area contributed by atoms with Crippen molar-refractivity contribution in [3.8, 4) is 0 Å². The molecule has 1 aliphatic rings. The van der Waals surface area contributed by atoms with Gasteiger partial charge in [-0.3, -0.25) is 4.90 Å². The van der Waals surface area contributed by atoms with Crippen molar-refractivity contribution < 1.29 is 4.74 Å². The second kappa shape index (κ2) is 6.14. The van der Waals surface area contributed by atoms with Crippen LogP contribution < -0.4 is 5.32 Å². The van der Waals surface area contributed by atoms with E-state index in [4.69, 9.17) is 4.74 Å². The Labute approximate surface area is 103 Å². The third-order valence-electron chi connectivity index (χ3n) is 3.26. The molecular formula is C12H22N4O. The van der Waals surface area contributed by atoms with Gasteiger partial charge in [-0.25, -0.2) is 4.98 Å². The minimum atomic E-state index is 0.317. The molecule has 1 unspecified atom stereocenters. The van der Waals surface area contributed by atoms with E-state index in [0.29, 0.717) is 6.10 Å². The molecular weight excluding hydrogens is 216 g/mol. The van der Waals surface area contributed by atoms with Crippen LogP contribution in [0.3, 0.4) is 0 Å². The Kier molecular flexibility index (Phi) is 4.53. The van der Waals surface area contributed by atoms with Gasteiger partial charge in [0.1, 0.15) is 0 Å². The van der Waals surface area contributed by atoms with Crippen LogP contribution in [0, 0.1) is 0 Å². The van der Waals surface area contributed by atoms with Crippen LogP contribution >= 0.6 is 0 Å². The quantitative estimate of drug-likeness (QED) is 0.797. The third-order valence-corrected chi connectivity index (χ3v) is 3.26. The molecule has 0 bridgehead atoms. The number of ether oxygens (including phenoxy) is 1. The molecule has 0 amide bonds. The predicted octanol–water partition coefficient (Wildman–Crippen LogP) is 0.230. The highest BCUT2D eigenvalue weighted by Crippen LogP contribution is 2.04. The average molecular weight is 238 g/mol. The van der Waals surface area contributed by atoms with Gasteiger partial charge >= 0.3 is 0 Å². The van der Waals surface area contributed by atoms with Gasteiger partial charge in [0.2, 0.25) is 0 Å². The van der Waals surface area contributed by atoms with Crippen molar-refractivity contribution in [3.63, 3.8) is 0 Å². The van der Waals surface area contributed by atoms with Crippen LogP contribution in [0.1, 0.15) is 12.6 Å². The summed E-state index contributed by atoms with van der Waals surface area (Å²) in [5.74, 6) is 0. The highest BCUT2D eigenvalue weighted by Gasteiger charge is 2.18. The number of nitrogens with one attached hydrogen (secondary N) is 1. The smallest absolute Gasteiger partial charge is 0.0945 e. The molecule has 0 aromatic carbocycles. The zero-order valence-corrected chi connectivity index (χ0v) is 10.7. The number of hydrogen-bond acceptors (Lipinski definition) is 4. The summed E-state index contributed by atoms with van der Waals surface area (Å²) in [5.41, 5.74) is 1.20. The summed E-state index contributed by atoms with van der Waals surface area (Å²) in [5, 5.41) is 3.43. The van der Waals surface area contributed by atoms with E-state index < -0.39 is 0 Å². The lowest BCUT2D eigenvalue weighted by Crippen LogP contribution is -2.46. The molecule has 0 saturated carbocycles. The number of aromatic nitrogens is 2. The van der Waals surface area contributed by atoms with Gasteiger partial charge in [0.15, 0.2) is 0 Å². The van der Waals surface area contributed by atoms with Crippen LogP contribution in [-0.4, -0.2) is 53.3 Å². The van der Waals surface area contributed by atoms with Gasteiger partial charge in [-0.1, -0.05) is 6.92 Å². The molecule has 1 aromatic heterocycles. The Morgan fingerprint density at radius 2 is 2.47 bits per heavy atom. The molecule has 2 heterocycles. The lowest BCUT2D eigenvalue weighted by atomic mass is 10.2. The van der Waals surface area contributed by atoms with Crippen LogP contribution in [0.15, 0.2) is 12.5 Å². The molecule has 1 saturated heterocycles. The van der Waals surface area contributed by atoms with Crippen molar-refractivity contribution in [3.05, 3.63) is 18.2 Å². The zero-order chi connectivity index (χ0) is 12.1. The lowest BCUT2D eigenvalue weighted by molar-refractivity contribution is -0.0254. The number of hydrogen-bond donors (Lipinski definition) is 1. The maximum Gasteiger partial charge on any atom is 0.0945 e. The molecule has 0 spiro atoms. The largest absolute Gasteiger partial charge is 0.374 e. The van der Waals surface area contributed by atoms with Crippen molar-refractivity contribution >= 4 is 0 Å². The standard InChI is InChI=1S/C12H22N4O/c1-3-16-4-5-17-12(9-16)8-13-6-11-7-14-10-15(11)2/h7,10,12-13H,3-6,8-9H2,1-2H3. The lowest BCUT2D eigenvalue weighted by Gasteiger charge is -2.32. The molecule has 17 heavy (non-hydrogen) atoms. The first kappa shape index (κ1) is 12.5. The summed E-state index contributed by atoms with van der Waals surface area (Å²) in [6, 6.07) is 0. The maximum atomic E-state index is 5.73. The summed E-state index contributed by atoms with van der Waals surface area (Å²) in [6.45, 7) is 8.02. The normalized spacial score (nSPS) is 21.9. The topological polar surface area (TPSA) is 42.3 Å². The van der Waals surface area contributed by atoms with E-state index in [-0.39, 0.29) is 0 Å². The van der Waals surface area contributed by atoms with Crippen molar-refractivity contribution in [1.29, 1.82) is 0 Å². The summed E-state index contributed by atoms with van der Waals surface area (Å²) >= 11 is 0. The molecule has 1 aliphatic heterocycles. The van der Waals surface area contributed by atoms with Gasteiger partial charge in [-0.05, 0) is 6.54 Å². The highest BCUT2D eigenvalue weighted by molar-refractivity contribution is 4.96. The number of rotatable bonds is 5. The van der Waals surface area contributed by atoms with E-state index in [1.807, 2.05) is 24.1 Å². The van der Waals surface area contributed by atoms with Gasteiger partial charge in [0, 0.05) is 39.4 Å². The van der Waals surface area contributed by atoms with Crippen molar-refractivity contribution in [2.45, 2.75) is 19.6 Å². The van der Waals surface area contributed by atoms with Crippen LogP contribution in [0.4, 0.5) is 0 Å². The molecule has 1 N–H and O–H groups in total. The van der Waals surface area contributed by atoms with Crippen molar-refractivity contribution in [1.82, 2.24) is 19.8 Å². The number of morpholine rings is 1. The van der Waals surface area contributed by atoms with E-state index in [9.17, 15) is 0 Å². The van der Waals surface area contributed by atoms with Gasteiger partial charge in [-0.2, -0.15) is 0 Å². The fraction of sp³-hybridized carbons (Fsp3) is 0.750. The summed E-state index contributed by atoms with van der Waals surface area (Å²) in [7, 11) is 2.01.